The molecular formula is C15H21NO3. The highest BCUT2D eigenvalue weighted by atomic mass is 16.4. The molecule has 0 aliphatic carbocycles. The van der Waals surface area contributed by atoms with Crippen LogP contribution < -0.4 is 5.32 Å². The van der Waals surface area contributed by atoms with E-state index in [2.05, 4.69) is 5.32 Å². The second-order valence-corrected chi connectivity index (χ2v) is 4.56. The van der Waals surface area contributed by atoms with Crippen LogP contribution in [-0.2, 0) is 11.2 Å². The van der Waals surface area contributed by atoms with Crippen LogP contribution in [0, 0.1) is 5.92 Å². The van der Waals surface area contributed by atoms with E-state index in [-0.39, 0.29) is 17.4 Å². The minimum Gasteiger partial charge on any atom is -0.478 e. The topological polar surface area (TPSA) is 66.4 Å². The molecule has 4 nitrogen and oxygen atoms in total. The van der Waals surface area contributed by atoms with E-state index in [1.807, 2.05) is 19.9 Å². The number of carbonyl (C=O) groups is 2. The number of rotatable bonds is 7. The molecule has 4 heteroatoms. The summed E-state index contributed by atoms with van der Waals surface area (Å²) in [5.41, 5.74) is 1.20. The standard InChI is InChI=1S/C15H21NO3/c1-3-12(4-2)14(17)16-9-8-11-6-5-7-13(10-11)15(18)19/h5-7,10,12H,3-4,8-9H2,1-2H3,(H,16,17)(H,18,19). The Morgan fingerprint density at radius 3 is 2.53 bits per heavy atom. The zero-order chi connectivity index (χ0) is 14.3. The first-order chi connectivity index (χ1) is 9.08. The molecule has 0 atom stereocenters. The first-order valence-electron chi connectivity index (χ1n) is 6.68. The molecule has 2 N–H and O–H groups in total. The SMILES string of the molecule is CCC(CC)C(=O)NCCc1cccc(C(=O)O)c1. The lowest BCUT2D eigenvalue weighted by Gasteiger charge is -2.12. The lowest BCUT2D eigenvalue weighted by atomic mass is 10.0. The molecule has 1 rings (SSSR count). The number of benzene rings is 1. The van der Waals surface area contributed by atoms with Gasteiger partial charge in [-0.3, -0.25) is 4.79 Å². The molecule has 1 aromatic carbocycles. The largest absolute Gasteiger partial charge is 0.478 e. The van der Waals surface area contributed by atoms with Gasteiger partial charge in [0.1, 0.15) is 0 Å². The van der Waals surface area contributed by atoms with Crippen molar-refractivity contribution < 1.29 is 14.7 Å². The van der Waals surface area contributed by atoms with Crippen molar-refractivity contribution in [3.63, 3.8) is 0 Å². The Morgan fingerprint density at radius 2 is 1.95 bits per heavy atom. The van der Waals surface area contributed by atoms with Gasteiger partial charge in [-0.25, -0.2) is 4.79 Å². The van der Waals surface area contributed by atoms with Crippen LogP contribution in [0.2, 0.25) is 0 Å². The second kappa shape index (κ2) is 7.56. The van der Waals surface area contributed by atoms with Crippen LogP contribution in [0.4, 0.5) is 0 Å². The van der Waals surface area contributed by atoms with E-state index in [0.29, 0.717) is 13.0 Å². The number of carbonyl (C=O) groups excluding carboxylic acids is 1. The number of nitrogens with one attached hydrogen (secondary N) is 1. The van der Waals surface area contributed by atoms with Gasteiger partial charge in [-0.15, -0.1) is 0 Å². The zero-order valence-corrected chi connectivity index (χ0v) is 11.5. The Kier molecular flexibility index (Phi) is 6.06. The van der Waals surface area contributed by atoms with Gasteiger partial charge in [0.15, 0.2) is 0 Å². The zero-order valence-electron chi connectivity index (χ0n) is 11.5. The van der Waals surface area contributed by atoms with Crippen LogP contribution in [-0.4, -0.2) is 23.5 Å². The average Bonchev–Trinajstić information content (AvgIpc) is 2.40. The van der Waals surface area contributed by atoms with Crippen LogP contribution in [0.5, 0.6) is 0 Å². The summed E-state index contributed by atoms with van der Waals surface area (Å²) in [5.74, 6) is -0.771. The molecule has 0 unspecified atom stereocenters. The molecule has 0 spiro atoms. The van der Waals surface area contributed by atoms with E-state index in [4.69, 9.17) is 5.11 Å². The van der Waals surface area contributed by atoms with Gasteiger partial charge >= 0.3 is 5.97 Å². The quantitative estimate of drug-likeness (QED) is 0.794. The summed E-state index contributed by atoms with van der Waals surface area (Å²) in [6.07, 6.45) is 2.33. The van der Waals surface area contributed by atoms with Gasteiger partial charge in [0.2, 0.25) is 5.91 Å². The molecule has 104 valence electrons. The molecule has 0 bridgehead atoms. The van der Waals surface area contributed by atoms with Crippen LogP contribution in [0.15, 0.2) is 24.3 Å². The molecule has 0 saturated carbocycles. The summed E-state index contributed by atoms with van der Waals surface area (Å²) in [4.78, 5) is 22.6. The van der Waals surface area contributed by atoms with Crippen molar-refractivity contribution in [2.45, 2.75) is 33.1 Å². The highest BCUT2D eigenvalue weighted by molar-refractivity contribution is 5.87. The third kappa shape index (κ3) is 4.73. The molecule has 19 heavy (non-hydrogen) atoms. The van der Waals surface area contributed by atoms with Gasteiger partial charge < -0.3 is 10.4 Å². The Labute approximate surface area is 113 Å². The van der Waals surface area contributed by atoms with E-state index in [1.165, 1.54) is 0 Å². The fraction of sp³-hybridized carbons (Fsp3) is 0.467. The van der Waals surface area contributed by atoms with Crippen molar-refractivity contribution in [2.24, 2.45) is 5.92 Å². The maximum atomic E-state index is 11.8. The number of aromatic carboxylic acids is 1. The fourth-order valence-corrected chi connectivity index (χ4v) is 1.99. The summed E-state index contributed by atoms with van der Waals surface area (Å²) in [5, 5.41) is 11.8. The van der Waals surface area contributed by atoms with E-state index < -0.39 is 5.97 Å². The average molecular weight is 263 g/mol. The maximum absolute atomic E-state index is 11.8. The summed E-state index contributed by atoms with van der Waals surface area (Å²) < 4.78 is 0. The van der Waals surface area contributed by atoms with Crippen LogP contribution >= 0.6 is 0 Å². The van der Waals surface area contributed by atoms with Crippen molar-refractivity contribution in [1.29, 1.82) is 0 Å². The predicted molar refractivity (Wildman–Crippen MR) is 74.2 cm³/mol. The van der Waals surface area contributed by atoms with Crippen molar-refractivity contribution in [3.8, 4) is 0 Å². The third-order valence-electron chi connectivity index (χ3n) is 3.24. The molecular weight excluding hydrogens is 242 g/mol. The second-order valence-electron chi connectivity index (χ2n) is 4.56. The normalized spacial score (nSPS) is 10.5. The number of hydrogen-bond donors (Lipinski definition) is 2. The monoisotopic (exact) mass is 263 g/mol. The lowest BCUT2D eigenvalue weighted by Crippen LogP contribution is -2.31. The molecule has 0 aliphatic rings. The van der Waals surface area contributed by atoms with Gasteiger partial charge in [0.05, 0.1) is 5.56 Å². The maximum Gasteiger partial charge on any atom is 0.335 e. The molecule has 0 radical (unpaired) electrons. The van der Waals surface area contributed by atoms with E-state index >= 15 is 0 Å². The van der Waals surface area contributed by atoms with Gasteiger partial charge in [0.25, 0.3) is 0 Å². The summed E-state index contributed by atoms with van der Waals surface area (Å²) in [6, 6.07) is 6.80. The number of carboxylic acid groups (broad SMARTS) is 1. The van der Waals surface area contributed by atoms with Gasteiger partial charge in [0, 0.05) is 12.5 Å². The summed E-state index contributed by atoms with van der Waals surface area (Å²) in [7, 11) is 0. The van der Waals surface area contributed by atoms with Crippen LogP contribution in [0.1, 0.15) is 42.6 Å². The fourth-order valence-electron chi connectivity index (χ4n) is 1.99. The van der Waals surface area contributed by atoms with E-state index in [9.17, 15) is 9.59 Å². The number of hydrogen-bond acceptors (Lipinski definition) is 2. The smallest absolute Gasteiger partial charge is 0.335 e. The highest BCUT2D eigenvalue weighted by Gasteiger charge is 2.13. The molecule has 0 fully saturated rings. The Morgan fingerprint density at radius 1 is 1.26 bits per heavy atom. The number of carboxylic acids is 1. The van der Waals surface area contributed by atoms with Gasteiger partial charge in [-0.2, -0.15) is 0 Å². The minimum absolute atomic E-state index is 0.0744. The Hall–Kier alpha value is -1.84. The first kappa shape index (κ1) is 15.2. The third-order valence-corrected chi connectivity index (χ3v) is 3.24. The van der Waals surface area contributed by atoms with Gasteiger partial charge in [-0.1, -0.05) is 26.0 Å². The highest BCUT2D eigenvalue weighted by Crippen LogP contribution is 2.08. The molecule has 0 heterocycles. The van der Waals surface area contributed by atoms with Crippen molar-refractivity contribution in [1.82, 2.24) is 5.32 Å². The molecule has 1 aromatic rings. The molecule has 1 amide bonds. The van der Waals surface area contributed by atoms with Crippen molar-refractivity contribution >= 4 is 11.9 Å². The minimum atomic E-state index is -0.928. The Bertz CT molecular complexity index is 439. The molecule has 0 aromatic heterocycles. The summed E-state index contributed by atoms with van der Waals surface area (Å²) >= 11 is 0. The number of amides is 1. The first-order valence-corrected chi connectivity index (χ1v) is 6.68. The van der Waals surface area contributed by atoms with Crippen molar-refractivity contribution in [2.75, 3.05) is 6.54 Å². The van der Waals surface area contributed by atoms with Gasteiger partial charge in [-0.05, 0) is 37.0 Å². The molecule has 0 aliphatic heterocycles. The van der Waals surface area contributed by atoms with E-state index in [0.717, 1.165) is 18.4 Å². The predicted octanol–water partition coefficient (Wildman–Crippen LogP) is 2.48. The van der Waals surface area contributed by atoms with Crippen LogP contribution in [0.25, 0.3) is 0 Å². The van der Waals surface area contributed by atoms with E-state index in [1.54, 1.807) is 18.2 Å². The summed E-state index contributed by atoms with van der Waals surface area (Å²) in [6.45, 7) is 4.55. The lowest BCUT2D eigenvalue weighted by molar-refractivity contribution is -0.125. The molecule has 0 saturated heterocycles. The van der Waals surface area contributed by atoms with Crippen molar-refractivity contribution in [3.05, 3.63) is 35.4 Å². The van der Waals surface area contributed by atoms with Crippen LogP contribution in [0.3, 0.4) is 0 Å². The Balaban J connectivity index is 2.47.